The van der Waals surface area contributed by atoms with Crippen LogP contribution in [0.3, 0.4) is 0 Å². The van der Waals surface area contributed by atoms with Crippen LogP contribution in [0.2, 0.25) is 0 Å². The molecule has 2 aromatic rings. The van der Waals surface area contributed by atoms with Gasteiger partial charge in [0.2, 0.25) is 0 Å². The van der Waals surface area contributed by atoms with Crippen LogP contribution in [0.1, 0.15) is 11.1 Å². The quantitative estimate of drug-likeness (QED) is 0.669. The predicted octanol–water partition coefficient (Wildman–Crippen LogP) is 3.30. The number of ether oxygens (including phenoxy) is 2. The van der Waals surface area contributed by atoms with Gasteiger partial charge in [-0.15, -0.1) is 25.3 Å². The Balaban J connectivity index is 1.80. The number of hydrogen-bond acceptors (Lipinski definition) is 4. The average molecular weight is 304 g/mol. The van der Waals surface area contributed by atoms with Gasteiger partial charge >= 0.3 is 0 Å². The molecule has 2 unspecified atom stereocenters. The van der Waals surface area contributed by atoms with E-state index in [1.807, 2.05) is 0 Å². The van der Waals surface area contributed by atoms with E-state index < -0.39 is 0 Å². The SMILES string of the molecule is Sc1cc2cc(CC3CO3)c(CC3CO3)cc2cc1S. The molecule has 104 valence electrons. The summed E-state index contributed by atoms with van der Waals surface area (Å²) in [6.45, 7) is 1.79. The maximum atomic E-state index is 5.38. The van der Waals surface area contributed by atoms with Crippen LogP contribution in [-0.4, -0.2) is 25.4 Å². The van der Waals surface area contributed by atoms with Gasteiger partial charge in [-0.25, -0.2) is 0 Å². The molecule has 2 aliphatic heterocycles. The molecule has 0 spiro atoms. The maximum absolute atomic E-state index is 5.38. The van der Waals surface area contributed by atoms with Crippen LogP contribution in [0.4, 0.5) is 0 Å². The smallest absolute Gasteiger partial charge is 0.0850 e. The van der Waals surface area contributed by atoms with Crippen LogP contribution in [0.5, 0.6) is 0 Å². The van der Waals surface area contributed by atoms with E-state index in [-0.39, 0.29) is 0 Å². The Morgan fingerprint density at radius 1 is 0.800 bits per heavy atom. The predicted molar refractivity (Wildman–Crippen MR) is 85.3 cm³/mol. The number of hydrogen-bond donors (Lipinski definition) is 2. The minimum Gasteiger partial charge on any atom is -0.373 e. The summed E-state index contributed by atoms with van der Waals surface area (Å²) in [7, 11) is 0. The first kappa shape index (κ1) is 13.0. The Morgan fingerprint density at radius 3 is 1.55 bits per heavy atom. The van der Waals surface area contributed by atoms with Crippen molar-refractivity contribution in [2.45, 2.75) is 34.8 Å². The molecule has 0 N–H and O–H groups in total. The zero-order chi connectivity index (χ0) is 13.7. The van der Waals surface area contributed by atoms with Gasteiger partial charge in [0.05, 0.1) is 25.4 Å². The lowest BCUT2D eigenvalue weighted by atomic mass is 9.95. The molecule has 2 fully saturated rings. The normalized spacial score (nSPS) is 24.1. The van der Waals surface area contributed by atoms with Crippen molar-refractivity contribution in [3.8, 4) is 0 Å². The summed E-state index contributed by atoms with van der Waals surface area (Å²) in [6.07, 6.45) is 2.82. The van der Waals surface area contributed by atoms with Gasteiger partial charge in [0, 0.05) is 22.6 Å². The zero-order valence-corrected chi connectivity index (χ0v) is 12.8. The fourth-order valence-electron chi connectivity index (χ4n) is 2.66. The van der Waals surface area contributed by atoms with Gasteiger partial charge < -0.3 is 9.47 Å². The lowest BCUT2D eigenvalue weighted by molar-refractivity contribution is 0.401. The molecule has 20 heavy (non-hydrogen) atoms. The van der Waals surface area contributed by atoms with Gasteiger partial charge in [-0.2, -0.15) is 0 Å². The van der Waals surface area contributed by atoms with E-state index in [9.17, 15) is 0 Å². The Labute approximate surface area is 129 Å². The van der Waals surface area contributed by atoms with Gasteiger partial charge in [0.1, 0.15) is 0 Å². The van der Waals surface area contributed by atoms with Crippen LogP contribution < -0.4 is 0 Å². The zero-order valence-electron chi connectivity index (χ0n) is 11.0. The highest BCUT2D eigenvalue weighted by Gasteiger charge is 2.27. The molecule has 0 radical (unpaired) electrons. The molecule has 4 heteroatoms. The van der Waals surface area contributed by atoms with E-state index in [0.717, 1.165) is 35.8 Å². The summed E-state index contributed by atoms with van der Waals surface area (Å²) in [5, 5.41) is 2.45. The van der Waals surface area contributed by atoms with Crippen LogP contribution >= 0.6 is 25.3 Å². The van der Waals surface area contributed by atoms with Gasteiger partial charge in [0.15, 0.2) is 0 Å². The fourth-order valence-corrected chi connectivity index (χ4v) is 3.07. The lowest BCUT2D eigenvalue weighted by Crippen LogP contribution is -2.03. The molecule has 0 saturated carbocycles. The third-order valence-corrected chi connectivity index (χ3v) is 4.87. The van der Waals surface area contributed by atoms with Gasteiger partial charge in [-0.05, 0) is 34.0 Å². The van der Waals surface area contributed by atoms with Gasteiger partial charge in [-0.3, -0.25) is 0 Å². The molecule has 0 aliphatic carbocycles. The van der Waals surface area contributed by atoms with Crippen LogP contribution in [-0.2, 0) is 22.3 Å². The van der Waals surface area contributed by atoms with Crippen molar-refractivity contribution in [1.29, 1.82) is 0 Å². The van der Waals surface area contributed by atoms with E-state index in [1.54, 1.807) is 0 Å². The van der Waals surface area contributed by atoms with Crippen molar-refractivity contribution in [3.63, 3.8) is 0 Å². The van der Waals surface area contributed by atoms with E-state index in [4.69, 9.17) is 9.47 Å². The molecule has 0 bridgehead atoms. The summed E-state index contributed by atoms with van der Waals surface area (Å²) >= 11 is 8.92. The topological polar surface area (TPSA) is 25.1 Å². The molecule has 2 atom stereocenters. The third-order valence-electron chi connectivity index (χ3n) is 3.95. The highest BCUT2D eigenvalue weighted by molar-refractivity contribution is 7.83. The number of fused-ring (bicyclic) bond motifs is 1. The Hall–Kier alpha value is -0.680. The van der Waals surface area contributed by atoms with Crippen LogP contribution in [0, 0.1) is 0 Å². The Morgan fingerprint density at radius 2 is 1.20 bits per heavy atom. The molecule has 2 heterocycles. The van der Waals surface area contributed by atoms with Gasteiger partial charge in [-0.1, -0.05) is 12.1 Å². The third kappa shape index (κ3) is 2.70. The first-order valence-electron chi connectivity index (χ1n) is 6.90. The van der Waals surface area contributed by atoms with E-state index in [2.05, 4.69) is 49.5 Å². The highest BCUT2D eigenvalue weighted by atomic mass is 32.1. The Bertz CT molecular complexity index is 617. The molecular formula is C16H16O2S2. The van der Waals surface area contributed by atoms with E-state index in [1.165, 1.54) is 21.9 Å². The van der Waals surface area contributed by atoms with Crippen molar-refractivity contribution in [2.75, 3.05) is 13.2 Å². The number of thiol groups is 2. The molecule has 0 amide bonds. The minimum absolute atomic E-state index is 0.408. The molecular weight excluding hydrogens is 288 g/mol. The minimum atomic E-state index is 0.408. The van der Waals surface area contributed by atoms with Crippen molar-refractivity contribution < 1.29 is 9.47 Å². The molecule has 2 nitrogen and oxygen atoms in total. The first-order valence-corrected chi connectivity index (χ1v) is 7.79. The van der Waals surface area contributed by atoms with E-state index >= 15 is 0 Å². The highest BCUT2D eigenvalue weighted by Crippen LogP contribution is 2.31. The summed E-state index contributed by atoms with van der Waals surface area (Å²) in [5.74, 6) is 0. The van der Waals surface area contributed by atoms with Crippen molar-refractivity contribution in [2.24, 2.45) is 0 Å². The second-order valence-electron chi connectivity index (χ2n) is 5.63. The summed E-state index contributed by atoms with van der Waals surface area (Å²) in [4.78, 5) is 1.85. The summed E-state index contributed by atoms with van der Waals surface area (Å²) < 4.78 is 10.8. The second kappa shape index (κ2) is 4.95. The largest absolute Gasteiger partial charge is 0.373 e. The summed E-state index contributed by atoms with van der Waals surface area (Å²) in [6, 6.07) is 8.74. The van der Waals surface area contributed by atoms with Crippen LogP contribution in [0.15, 0.2) is 34.1 Å². The summed E-state index contributed by atoms with van der Waals surface area (Å²) in [5.41, 5.74) is 2.77. The average Bonchev–Trinajstić information content (AvgIpc) is 3.27. The van der Waals surface area contributed by atoms with Crippen molar-refractivity contribution in [3.05, 3.63) is 35.4 Å². The number of epoxide rings is 2. The van der Waals surface area contributed by atoms with E-state index in [0.29, 0.717) is 12.2 Å². The Kier molecular flexibility index (Phi) is 3.22. The van der Waals surface area contributed by atoms with Crippen molar-refractivity contribution in [1.82, 2.24) is 0 Å². The molecule has 2 aromatic carbocycles. The van der Waals surface area contributed by atoms with Gasteiger partial charge in [0.25, 0.3) is 0 Å². The second-order valence-corrected chi connectivity index (χ2v) is 6.59. The maximum Gasteiger partial charge on any atom is 0.0850 e. The molecule has 0 aromatic heterocycles. The van der Waals surface area contributed by atoms with Crippen molar-refractivity contribution >= 4 is 36.0 Å². The first-order chi connectivity index (χ1) is 9.69. The molecule has 4 rings (SSSR count). The molecule has 2 aliphatic rings. The standard InChI is InChI=1S/C16H16O2S2/c19-15-5-11-1-9(3-13-7-17-13)10(4-14-8-18-14)2-12(11)6-16(15)20/h1-2,5-6,13-14,19-20H,3-4,7-8H2. The van der Waals surface area contributed by atoms with Crippen LogP contribution in [0.25, 0.3) is 10.8 Å². The molecule has 2 saturated heterocycles. The fraction of sp³-hybridized carbons (Fsp3) is 0.375. The lowest BCUT2D eigenvalue weighted by Gasteiger charge is -2.11. The number of benzene rings is 2. The monoisotopic (exact) mass is 304 g/mol. The number of rotatable bonds is 4.